The van der Waals surface area contributed by atoms with Crippen LogP contribution in [-0.2, 0) is 6.54 Å². The number of anilines is 1. The second-order valence-electron chi connectivity index (χ2n) is 6.15. The third kappa shape index (κ3) is 3.10. The summed E-state index contributed by atoms with van der Waals surface area (Å²) in [7, 11) is 0. The topological polar surface area (TPSA) is 69.6 Å². The molecule has 1 aliphatic carbocycles. The average molecular weight is 374 g/mol. The molecule has 2 heterocycles. The van der Waals surface area contributed by atoms with Crippen LogP contribution >= 0.6 is 23.2 Å². The number of hydrogen-bond acceptors (Lipinski definition) is 4. The number of imidazole rings is 1. The minimum atomic E-state index is 0.381. The largest absolute Gasteiger partial charge is 0.382 e. The highest BCUT2D eigenvalue weighted by atomic mass is 35.5. The second-order valence-corrected chi connectivity index (χ2v) is 6.97. The Labute approximate surface area is 155 Å². The molecule has 5 nitrogen and oxygen atoms in total. The Bertz CT molecular complexity index is 911. The zero-order valence-corrected chi connectivity index (χ0v) is 15.1. The molecule has 1 aromatic rings. The fraction of sp³-hybridized carbons (Fsp3) is 0.278. The van der Waals surface area contributed by atoms with Gasteiger partial charge in [-0.15, -0.1) is 0 Å². The molecule has 0 amide bonds. The molecule has 2 aliphatic heterocycles. The summed E-state index contributed by atoms with van der Waals surface area (Å²) >= 11 is 12.6. The highest BCUT2D eigenvalue weighted by Crippen LogP contribution is 2.32. The van der Waals surface area contributed by atoms with E-state index in [1.165, 1.54) is 18.4 Å². The summed E-state index contributed by atoms with van der Waals surface area (Å²) in [6, 6.07) is 5.46. The van der Waals surface area contributed by atoms with Crippen LogP contribution in [0.5, 0.6) is 0 Å². The zero-order valence-electron chi connectivity index (χ0n) is 13.5. The van der Waals surface area contributed by atoms with Gasteiger partial charge in [-0.3, -0.25) is 0 Å². The van der Waals surface area contributed by atoms with Crippen molar-refractivity contribution in [2.75, 3.05) is 5.73 Å². The monoisotopic (exact) mass is 373 g/mol. The number of nitrogens with zero attached hydrogens (tertiary/aromatic N) is 4. The first-order valence-electron chi connectivity index (χ1n) is 8.24. The van der Waals surface area contributed by atoms with Crippen LogP contribution in [0.3, 0.4) is 0 Å². The number of rotatable bonds is 3. The lowest BCUT2D eigenvalue weighted by Gasteiger charge is -2.13. The van der Waals surface area contributed by atoms with E-state index in [0.29, 0.717) is 33.9 Å². The average Bonchev–Trinajstić information content (AvgIpc) is 3.07. The third-order valence-corrected chi connectivity index (χ3v) is 5.17. The van der Waals surface area contributed by atoms with Gasteiger partial charge in [-0.05, 0) is 43.4 Å². The van der Waals surface area contributed by atoms with E-state index >= 15 is 0 Å². The first-order chi connectivity index (χ1) is 12.1. The van der Waals surface area contributed by atoms with E-state index in [4.69, 9.17) is 33.9 Å². The van der Waals surface area contributed by atoms with Gasteiger partial charge in [0.05, 0.1) is 12.9 Å². The lowest BCUT2D eigenvalue weighted by molar-refractivity contribution is 0.737. The fourth-order valence-electron chi connectivity index (χ4n) is 3.11. The van der Waals surface area contributed by atoms with Gasteiger partial charge in [-0.2, -0.15) is 0 Å². The number of benzene rings is 1. The Morgan fingerprint density at radius 3 is 2.64 bits per heavy atom. The number of hydrogen-bond donors (Lipinski definition) is 1. The van der Waals surface area contributed by atoms with E-state index in [0.717, 1.165) is 24.2 Å². The van der Waals surface area contributed by atoms with Crippen molar-refractivity contribution in [3.05, 3.63) is 52.0 Å². The van der Waals surface area contributed by atoms with Gasteiger partial charge < -0.3 is 10.3 Å². The van der Waals surface area contributed by atoms with Gasteiger partial charge in [0.2, 0.25) is 0 Å². The molecule has 7 heteroatoms. The van der Waals surface area contributed by atoms with E-state index in [1.807, 2.05) is 22.8 Å². The minimum absolute atomic E-state index is 0.381. The van der Waals surface area contributed by atoms with Crippen molar-refractivity contribution in [1.29, 1.82) is 0 Å². The Morgan fingerprint density at radius 1 is 1.12 bits per heavy atom. The molecule has 25 heavy (non-hydrogen) atoms. The van der Waals surface area contributed by atoms with E-state index in [2.05, 4.69) is 16.0 Å². The molecule has 1 aromatic carbocycles. The van der Waals surface area contributed by atoms with Crippen LogP contribution in [0.2, 0.25) is 10.0 Å². The summed E-state index contributed by atoms with van der Waals surface area (Å²) in [5, 5.41) is 1.22. The molecule has 2 N–H and O–H groups in total. The van der Waals surface area contributed by atoms with Gasteiger partial charge in [-0.1, -0.05) is 35.3 Å². The highest BCUT2D eigenvalue weighted by Gasteiger charge is 2.22. The fourth-order valence-corrected chi connectivity index (χ4v) is 3.63. The summed E-state index contributed by atoms with van der Waals surface area (Å²) < 4.78 is 1.89. The summed E-state index contributed by atoms with van der Waals surface area (Å²) in [6.07, 6.45) is 8.34. The predicted molar refractivity (Wildman–Crippen MR) is 101 cm³/mol. The molecule has 0 unspecified atom stereocenters. The first kappa shape index (κ1) is 16.4. The molecule has 0 saturated carbocycles. The van der Waals surface area contributed by atoms with Gasteiger partial charge in [0.25, 0.3) is 0 Å². The van der Waals surface area contributed by atoms with Crippen LogP contribution in [0.1, 0.15) is 37.1 Å². The van der Waals surface area contributed by atoms with Crippen LogP contribution in [0.25, 0.3) is 17.1 Å². The van der Waals surface area contributed by atoms with Crippen molar-refractivity contribution in [3.63, 3.8) is 0 Å². The van der Waals surface area contributed by atoms with Crippen LogP contribution in [0.15, 0.2) is 30.6 Å². The van der Waals surface area contributed by atoms with Crippen molar-refractivity contribution < 1.29 is 0 Å². The van der Waals surface area contributed by atoms with E-state index < -0.39 is 0 Å². The summed E-state index contributed by atoms with van der Waals surface area (Å²) in [4.78, 5) is 13.6. The van der Waals surface area contributed by atoms with Crippen LogP contribution in [0.4, 0.5) is 5.82 Å². The zero-order chi connectivity index (χ0) is 17.4. The number of fused-ring (bicyclic) bond motifs is 1. The van der Waals surface area contributed by atoms with E-state index in [1.54, 1.807) is 6.33 Å². The Morgan fingerprint density at radius 2 is 1.92 bits per heavy atom. The molecule has 0 radical (unpaired) electrons. The SMILES string of the molecule is Nc1ncn(Cc2c(Cl)cccc2Cl)c2nc(C3=CCCCC3)nc1-2. The normalized spacial score (nSPS) is 14.7. The summed E-state index contributed by atoms with van der Waals surface area (Å²) in [6.45, 7) is 0.458. The minimum Gasteiger partial charge on any atom is -0.382 e. The third-order valence-electron chi connectivity index (χ3n) is 4.46. The molecule has 0 atom stereocenters. The lowest BCUT2D eigenvalue weighted by atomic mass is 9.99. The van der Waals surface area contributed by atoms with Crippen LogP contribution in [0, 0.1) is 0 Å². The molecule has 3 aliphatic rings. The number of nitrogen functional groups attached to an aromatic ring is 1. The van der Waals surface area contributed by atoms with Crippen molar-refractivity contribution in [2.24, 2.45) is 0 Å². The molecule has 0 fully saturated rings. The Balaban J connectivity index is 1.79. The quantitative estimate of drug-likeness (QED) is 0.723. The second kappa shape index (κ2) is 6.65. The number of nitrogens with two attached hydrogens (primary N) is 1. The molecule has 128 valence electrons. The summed E-state index contributed by atoms with van der Waals surface area (Å²) in [5.74, 6) is 1.82. The Kier molecular flexibility index (Phi) is 4.36. The number of aromatic nitrogens is 4. The molecule has 0 spiro atoms. The highest BCUT2D eigenvalue weighted by molar-refractivity contribution is 6.35. The first-order valence-corrected chi connectivity index (χ1v) is 8.99. The standard InChI is InChI=1S/C18H17Cl2N5/c19-13-7-4-8-14(20)12(13)9-25-10-22-16(21)15-18(25)24-17(23-15)11-5-2-1-3-6-11/h4-5,7-8,10H,1-3,6,9,21H2. The maximum atomic E-state index is 6.30. The lowest BCUT2D eigenvalue weighted by Crippen LogP contribution is -2.09. The van der Waals surface area contributed by atoms with Gasteiger partial charge in [-0.25, -0.2) is 15.0 Å². The smallest absolute Gasteiger partial charge is 0.166 e. The van der Waals surface area contributed by atoms with Crippen molar-refractivity contribution in [2.45, 2.75) is 32.2 Å². The van der Waals surface area contributed by atoms with Gasteiger partial charge in [0.15, 0.2) is 23.2 Å². The molecular formula is C18H17Cl2N5. The maximum absolute atomic E-state index is 6.30. The molecular weight excluding hydrogens is 357 g/mol. The van der Waals surface area contributed by atoms with Gasteiger partial charge in [0.1, 0.15) is 0 Å². The van der Waals surface area contributed by atoms with Gasteiger partial charge in [0, 0.05) is 15.6 Å². The summed E-state index contributed by atoms with van der Waals surface area (Å²) in [5.41, 5.74) is 8.65. The molecule has 0 aromatic heterocycles. The number of allylic oxidation sites excluding steroid dienone is 2. The van der Waals surface area contributed by atoms with E-state index in [9.17, 15) is 0 Å². The molecule has 0 bridgehead atoms. The maximum Gasteiger partial charge on any atom is 0.166 e. The Hall–Kier alpha value is -2.11. The van der Waals surface area contributed by atoms with Crippen molar-refractivity contribution in [3.8, 4) is 11.5 Å². The van der Waals surface area contributed by atoms with Crippen LogP contribution < -0.4 is 5.73 Å². The molecule has 0 saturated heterocycles. The van der Waals surface area contributed by atoms with Crippen molar-refractivity contribution >= 4 is 34.6 Å². The van der Waals surface area contributed by atoms with Crippen molar-refractivity contribution in [1.82, 2.24) is 19.5 Å². The molecule has 4 rings (SSSR count). The van der Waals surface area contributed by atoms with Gasteiger partial charge >= 0.3 is 0 Å². The van der Waals surface area contributed by atoms with Crippen LogP contribution in [-0.4, -0.2) is 19.5 Å². The number of halogens is 2. The van der Waals surface area contributed by atoms with E-state index in [-0.39, 0.29) is 0 Å². The predicted octanol–water partition coefficient (Wildman–Crippen LogP) is 4.67.